The van der Waals surface area contributed by atoms with Gasteiger partial charge in [-0.25, -0.2) is 0 Å². The summed E-state index contributed by atoms with van der Waals surface area (Å²) in [6.45, 7) is 21.2. The van der Waals surface area contributed by atoms with Crippen LogP contribution in [0.15, 0.2) is 71.1 Å². The van der Waals surface area contributed by atoms with E-state index in [1.807, 2.05) is 27.7 Å². The Morgan fingerprint density at radius 3 is 1.08 bits per heavy atom. The Bertz CT molecular complexity index is 2100. The van der Waals surface area contributed by atoms with E-state index >= 15 is 0 Å². The van der Waals surface area contributed by atoms with Crippen molar-refractivity contribution in [1.29, 1.82) is 0 Å². The SMILES string of the molecule is CC(=C(C(=O)OC(C)(C)C)N1C(=O)C(N2C(=O)c3ccccc3C2=O)C1[S][Hg][S]C1C(N2C(=O)c3ccccc3C2=O)C(=O)N1C(C(=O)OC(C)(C)C)=C(C)C(C)C)C(C)C. The normalized spacial score (nSPS) is 22.2. The number of carbonyl (C=O) groups excluding carboxylic acids is 8. The number of nitrogens with zero attached hydrogens (tertiary/aromatic N) is 4. The van der Waals surface area contributed by atoms with Gasteiger partial charge in [0, 0.05) is 0 Å². The number of β-lactam (4-membered cyclic amide) rings is 2. The zero-order chi connectivity index (χ0) is 45.2. The average Bonchev–Trinajstić information content (AvgIpc) is 3.56. The van der Waals surface area contributed by atoms with Gasteiger partial charge in [-0.1, -0.05) is 0 Å². The molecule has 4 unspecified atom stereocenters. The molecule has 6 rings (SSSR count). The number of amides is 6. The average molecular weight is 1060 g/mol. The number of likely N-dealkylation sites (tertiary alicyclic amines) is 2. The van der Waals surface area contributed by atoms with Gasteiger partial charge in [0.25, 0.3) is 0 Å². The summed E-state index contributed by atoms with van der Waals surface area (Å²) >= 11 is -2.73. The number of hydrogen-bond donors (Lipinski definition) is 0. The van der Waals surface area contributed by atoms with Gasteiger partial charge in [0.2, 0.25) is 0 Å². The quantitative estimate of drug-likeness (QED) is 0.0739. The van der Waals surface area contributed by atoms with Crippen LogP contribution < -0.4 is 0 Å². The van der Waals surface area contributed by atoms with E-state index in [-0.39, 0.29) is 45.5 Å². The Kier molecular flexibility index (Phi) is 13.0. The standard InChI is InChI=1S/2C22H26N2O5S.Hg/c2*1-11(2)12(3)15(21(28)29-22(4,5)6)24-19(27)16(20(24)30)23-17(25)13-9-7-8-10-14(13)18(23)26;/h2*7-11,16,20,30H,1-6H3;/q;;+2/p-2. The summed E-state index contributed by atoms with van der Waals surface area (Å²) in [7, 11) is 2.70. The van der Waals surface area contributed by atoms with E-state index in [4.69, 9.17) is 9.47 Å². The molecule has 17 heteroatoms. The number of carbonyl (C=O) groups is 8. The van der Waals surface area contributed by atoms with Crippen LogP contribution in [0.3, 0.4) is 0 Å². The monoisotopic (exact) mass is 1060 g/mol. The second-order valence-electron chi connectivity index (χ2n) is 18.0. The maximum absolute atomic E-state index is 14.5. The fraction of sp³-hybridized carbons (Fsp3) is 0.455. The minimum atomic E-state index is -2.73. The van der Waals surface area contributed by atoms with Crippen LogP contribution in [-0.4, -0.2) is 101 Å². The summed E-state index contributed by atoms with van der Waals surface area (Å²) < 4.78 is 11.6. The fourth-order valence-corrected chi connectivity index (χ4v) is 30.6. The van der Waals surface area contributed by atoms with Crippen LogP contribution in [0.5, 0.6) is 0 Å². The zero-order valence-electron chi connectivity index (χ0n) is 36.5. The van der Waals surface area contributed by atoms with Crippen molar-refractivity contribution in [3.05, 3.63) is 93.3 Å². The predicted octanol–water partition coefficient (Wildman–Crippen LogP) is 6.57. The molecule has 0 N–H and O–H groups in total. The number of ether oxygens (including phenoxy) is 2. The summed E-state index contributed by atoms with van der Waals surface area (Å²) in [6.07, 6.45) is 0. The number of imide groups is 2. The van der Waals surface area contributed by atoms with E-state index in [0.29, 0.717) is 11.1 Å². The van der Waals surface area contributed by atoms with E-state index in [1.165, 1.54) is 50.5 Å². The molecule has 0 spiro atoms. The van der Waals surface area contributed by atoms with Crippen molar-refractivity contribution in [2.24, 2.45) is 11.8 Å². The van der Waals surface area contributed by atoms with Gasteiger partial charge in [0.1, 0.15) is 0 Å². The van der Waals surface area contributed by atoms with Gasteiger partial charge >= 0.3 is 375 Å². The van der Waals surface area contributed by atoms with E-state index in [0.717, 1.165) is 9.80 Å². The molecule has 0 radical (unpaired) electrons. The second kappa shape index (κ2) is 17.1. The molecule has 0 saturated carbocycles. The zero-order valence-corrected chi connectivity index (χ0v) is 43.6. The third-order valence-electron chi connectivity index (χ3n) is 10.9. The van der Waals surface area contributed by atoms with Crippen LogP contribution in [-0.2, 0) is 50.2 Å². The summed E-state index contributed by atoms with van der Waals surface area (Å²) in [6, 6.07) is 10.1. The number of rotatable bonds is 12. The molecule has 0 aromatic heterocycles. The third-order valence-corrected chi connectivity index (χ3v) is 31.1. The maximum atomic E-state index is 14.5. The molecule has 4 atom stereocenters. The van der Waals surface area contributed by atoms with Crippen molar-refractivity contribution in [3.63, 3.8) is 0 Å². The van der Waals surface area contributed by atoms with Gasteiger partial charge in [-0.2, -0.15) is 0 Å². The molecule has 2 aromatic rings. The first kappa shape index (κ1) is 46.2. The van der Waals surface area contributed by atoms with Crippen molar-refractivity contribution in [2.45, 2.75) is 117 Å². The Labute approximate surface area is 372 Å². The number of fused-ring (bicyclic) bond motifs is 2. The molecule has 4 aliphatic rings. The molecule has 0 aliphatic carbocycles. The van der Waals surface area contributed by atoms with Gasteiger partial charge < -0.3 is 0 Å². The molecule has 320 valence electrons. The Morgan fingerprint density at radius 2 is 0.836 bits per heavy atom. The second-order valence-corrected chi connectivity index (χ2v) is 36.6. The van der Waals surface area contributed by atoms with Crippen LogP contribution in [0.1, 0.15) is 125 Å². The van der Waals surface area contributed by atoms with Crippen molar-refractivity contribution in [2.75, 3.05) is 0 Å². The van der Waals surface area contributed by atoms with Crippen molar-refractivity contribution in [1.82, 2.24) is 19.6 Å². The molecule has 2 aromatic carbocycles. The molecule has 6 amide bonds. The Hall–Kier alpha value is -4.28. The van der Waals surface area contributed by atoms with Crippen LogP contribution in [0.2, 0.25) is 0 Å². The van der Waals surface area contributed by atoms with Crippen molar-refractivity contribution in [3.8, 4) is 0 Å². The van der Waals surface area contributed by atoms with Gasteiger partial charge in [-0.3, -0.25) is 0 Å². The third kappa shape index (κ3) is 8.48. The van der Waals surface area contributed by atoms with Gasteiger partial charge in [0.15, 0.2) is 0 Å². The summed E-state index contributed by atoms with van der Waals surface area (Å²) in [5, 5.41) is -1.83. The summed E-state index contributed by atoms with van der Waals surface area (Å²) in [5.74, 6) is -5.64. The Balaban J connectivity index is 1.41. The van der Waals surface area contributed by atoms with E-state index in [9.17, 15) is 38.4 Å². The number of hydrogen-bond acceptors (Lipinski definition) is 12. The molecule has 2 fully saturated rings. The molecule has 2 saturated heterocycles. The van der Waals surface area contributed by atoms with Gasteiger partial charge in [0.05, 0.1) is 0 Å². The van der Waals surface area contributed by atoms with Crippen LogP contribution >= 0.6 is 16.5 Å². The van der Waals surface area contributed by atoms with Crippen molar-refractivity contribution >= 4 is 63.9 Å². The van der Waals surface area contributed by atoms with E-state index in [1.54, 1.807) is 79.7 Å². The molecular formula is C44H50HgN4O10S2. The van der Waals surface area contributed by atoms with Crippen molar-refractivity contribution < 1.29 is 69.4 Å². The van der Waals surface area contributed by atoms with Crippen LogP contribution in [0.25, 0.3) is 0 Å². The van der Waals surface area contributed by atoms with Gasteiger partial charge in [-0.05, 0) is 0 Å². The summed E-state index contributed by atoms with van der Waals surface area (Å²) in [4.78, 5) is 117. The van der Waals surface area contributed by atoms with Crippen LogP contribution in [0.4, 0.5) is 0 Å². The first-order valence-electron chi connectivity index (χ1n) is 20.1. The topological polar surface area (TPSA) is 168 Å². The molecule has 4 heterocycles. The predicted molar refractivity (Wildman–Crippen MR) is 225 cm³/mol. The Morgan fingerprint density at radius 1 is 0.557 bits per heavy atom. The number of allylic oxidation sites excluding steroid dienone is 2. The molecule has 61 heavy (non-hydrogen) atoms. The summed E-state index contributed by atoms with van der Waals surface area (Å²) in [5.41, 5.74) is -0.00580. The number of benzene rings is 2. The van der Waals surface area contributed by atoms with Crippen LogP contribution in [0, 0.1) is 11.8 Å². The molecular weight excluding hydrogens is 1010 g/mol. The van der Waals surface area contributed by atoms with E-state index in [2.05, 4.69) is 0 Å². The molecule has 4 aliphatic heterocycles. The first-order chi connectivity index (χ1) is 28.4. The van der Waals surface area contributed by atoms with Gasteiger partial charge in [-0.15, -0.1) is 0 Å². The van der Waals surface area contributed by atoms with E-state index < -0.39 is 103 Å². The molecule has 14 nitrogen and oxygen atoms in total. The minimum absolute atomic E-state index is 0.0192. The fourth-order valence-electron chi connectivity index (χ4n) is 7.38. The number of esters is 2. The first-order valence-corrected chi connectivity index (χ1v) is 35.7. The molecule has 0 bridgehead atoms.